The quantitative estimate of drug-likeness (QED) is 0.145. The summed E-state index contributed by atoms with van der Waals surface area (Å²) in [5.74, 6) is 4.23. The molecule has 8 N–H and O–H groups in total. The molecule has 0 aliphatic heterocycles. The molecule has 0 rings (SSSR count). The molecule has 54 valence electrons. The number of amides is 1. The summed E-state index contributed by atoms with van der Waals surface area (Å²) < 4.78 is 0. The number of isocyanates is 1. The van der Waals surface area contributed by atoms with Gasteiger partial charge in [0.1, 0.15) is 0 Å². The van der Waals surface area contributed by atoms with E-state index in [0.717, 1.165) is 6.08 Å². The largest absolute Gasteiger partial charge is 0.465 e. The van der Waals surface area contributed by atoms with Gasteiger partial charge in [0, 0.05) is 0 Å². The molecule has 0 fully saturated rings. The topological polar surface area (TPSA) is 154 Å². The Kier molecular flexibility index (Phi) is 28.1. The van der Waals surface area contributed by atoms with Crippen LogP contribution in [0.2, 0.25) is 0 Å². The Morgan fingerprint density at radius 1 is 1.67 bits per heavy atom. The molecule has 0 saturated carbocycles. The number of hydrogen-bond donors (Lipinski definition) is 4. The standard InChI is InChI=1S/CH2N2O.CH3NO2.H3N/c2-3-1-4;2-1(3)4;/h2H2;2H2,(H,3,4);1H3. The summed E-state index contributed by atoms with van der Waals surface area (Å²) in [5, 5.41) is 9.62. The zero-order valence-electron chi connectivity index (χ0n) is 4.57. The van der Waals surface area contributed by atoms with E-state index in [0.29, 0.717) is 0 Å². The van der Waals surface area contributed by atoms with Crippen LogP contribution >= 0.6 is 0 Å². The number of nitrogens with two attached hydrogens (primary N) is 2. The van der Waals surface area contributed by atoms with Gasteiger partial charge >= 0.3 is 6.09 Å². The van der Waals surface area contributed by atoms with E-state index in [1.54, 1.807) is 0 Å². The molecule has 0 atom stereocenters. The predicted octanol–water partition coefficient (Wildman–Crippen LogP) is -1.02. The number of rotatable bonds is 0. The van der Waals surface area contributed by atoms with Gasteiger partial charge in [0.15, 0.2) is 0 Å². The lowest BCUT2D eigenvalue weighted by molar-refractivity contribution is 0.205. The summed E-state index contributed by atoms with van der Waals surface area (Å²) >= 11 is 0. The first-order chi connectivity index (χ1) is 3.65. The Labute approximate surface area is 50.9 Å². The molecule has 0 aliphatic carbocycles. The first-order valence-electron chi connectivity index (χ1n) is 1.40. The first kappa shape index (κ1) is 15.7. The van der Waals surface area contributed by atoms with Gasteiger partial charge in [0.05, 0.1) is 0 Å². The highest BCUT2D eigenvalue weighted by atomic mass is 16.4. The summed E-state index contributed by atoms with van der Waals surface area (Å²) in [5.41, 5.74) is 4.03. The summed E-state index contributed by atoms with van der Waals surface area (Å²) in [6.45, 7) is 0. The average Bonchev–Trinajstić information content (AvgIpc) is 1.65. The number of hydrogen-bond acceptors (Lipinski definition) is 5. The summed E-state index contributed by atoms with van der Waals surface area (Å²) in [6.07, 6.45) is -0.250. The van der Waals surface area contributed by atoms with E-state index >= 15 is 0 Å². The molecule has 1 amide bonds. The van der Waals surface area contributed by atoms with Gasteiger partial charge in [0.25, 0.3) is 6.08 Å². The van der Waals surface area contributed by atoms with Crippen molar-refractivity contribution in [3.8, 4) is 0 Å². The molecule has 0 aromatic heterocycles. The minimum atomic E-state index is -1.33. The van der Waals surface area contributed by atoms with E-state index < -0.39 is 6.09 Å². The van der Waals surface area contributed by atoms with Gasteiger partial charge in [-0.1, -0.05) is 5.10 Å². The molecule has 0 aromatic carbocycles. The van der Waals surface area contributed by atoms with Crippen molar-refractivity contribution in [2.75, 3.05) is 0 Å². The lowest BCUT2D eigenvalue weighted by atomic mass is 11.3. The lowest BCUT2D eigenvalue weighted by Gasteiger charge is -1.61. The molecule has 0 radical (unpaired) electrons. The molecule has 0 unspecified atom stereocenters. The van der Waals surface area contributed by atoms with Gasteiger partial charge in [-0.05, 0) is 0 Å². The van der Waals surface area contributed by atoms with Gasteiger partial charge in [-0.15, -0.1) is 0 Å². The van der Waals surface area contributed by atoms with E-state index in [9.17, 15) is 0 Å². The molecule has 0 saturated heterocycles. The minimum Gasteiger partial charge on any atom is -0.465 e. The number of carbonyl (C=O) groups is 1. The molecular weight excluding hydrogens is 128 g/mol. The zero-order valence-corrected chi connectivity index (χ0v) is 4.57. The molecular formula is C2H8N4O3. The molecule has 0 heterocycles. The van der Waals surface area contributed by atoms with Gasteiger partial charge in [-0.3, -0.25) is 0 Å². The van der Waals surface area contributed by atoms with Crippen molar-refractivity contribution in [3.05, 3.63) is 0 Å². The second-order valence-corrected chi connectivity index (χ2v) is 0.559. The van der Waals surface area contributed by atoms with E-state index in [1.165, 1.54) is 0 Å². The van der Waals surface area contributed by atoms with Crippen molar-refractivity contribution in [1.29, 1.82) is 0 Å². The van der Waals surface area contributed by atoms with Gasteiger partial charge in [0.2, 0.25) is 0 Å². The van der Waals surface area contributed by atoms with Gasteiger partial charge in [-0.25, -0.2) is 9.59 Å². The van der Waals surface area contributed by atoms with Crippen LogP contribution in [0.15, 0.2) is 5.10 Å². The van der Waals surface area contributed by atoms with Crippen LogP contribution in [0, 0.1) is 0 Å². The maximum Gasteiger partial charge on any atom is 0.402 e. The summed E-state index contributed by atoms with van der Waals surface area (Å²) in [6, 6.07) is 0. The van der Waals surface area contributed by atoms with E-state index in [-0.39, 0.29) is 6.15 Å². The third-order valence-electron chi connectivity index (χ3n) is 0.0527. The summed E-state index contributed by atoms with van der Waals surface area (Å²) in [4.78, 5) is 17.5. The molecule has 0 aliphatic rings. The number of nitrogens with zero attached hydrogens (tertiary/aromatic N) is 1. The van der Waals surface area contributed by atoms with Gasteiger partial charge < -0.3 is 22.8 Å². The SMILES string of the molecule is N.NC(=O)O.NN=C=O. The van der Waals surface area contributed by atoms with Gasteiger partial charge in [-0.2, -0.15) is 0 Å². The van der Waals surface area contributed by atoms with Crippen LogP contribution < -0.4 is 17.7 Å². The normalized spacial score (nSPS) is 4.44. The Morgan fingerprint density at radius 2 is 1.78 bits per heavy atom. The first-order valence-corrected chi connectivity index (χ1v) is 1.40. The number of primary amides is 1. The second kappa shape index (κ2) is 16.1. The van der Waals surface area contributed by atoms with E-state index in [2.05, 4.69) is 16.7 Å². The monoisotopic (exact) mass is 136 g/mol. The maximum absolute atomic E-state index is 8.78. The van der Waals surface area contributed by atoms with Crippen molar-refractivity contribution in [2.45, 2.75) is 0 Å². The lowest BCUT2D eigenvalue weighted by Crippen LogP contribution is -2.03. The van der Waals surface area contributed by atoms with Crippen LogP contribution in [0.1, 0.15) is 0 Å². The van der Waals surface area contributed by atoms with Crippen LogP contribution in [0.5, 0.6) is 0 Å². The molecule has 0 spiro atoms. The fourth-order valence-electron chi connectivity index (χ4n) is 0. The van der Waals surface area contributed by atoms with Crippen molar-refractivity contribution in [3.63, 3.8) is 0 Å². The molecule has 7 heteroatoms. The molecule has 9 heavy (non-hydrogen) atoms. The molecule has 0 aromatic rings. The van der Waals surface area contributed by atoms with Crippen LogP contribution in [-0.4, -0.2) is 17.3 Å². The van der Waals surface area contributed by atoms with Crippen molar-refractivity contribution in [2.24, 2.45) is 16.7 Å². The highest BCUT2D eigenvalue weighted by Crippen LogP contribution is 1.34. The molecule has 0 bridgehead atoms. The van der Waals surface area contributed by atoms with Crippen LogP contribution in [-0.2, 0) is 4.79 Å². The van der Waals surface area contributed by atoms with Crippen LogP contribution in [0.4, 0.5) is 4.79 Å². The highest BCUT2D eigenvalue weighted by molar-refractivity contribution is 5.61. The minimum absolute atomic E-state index is 0. The Balaban J connectivity index is -0.0000000720. The highest BCUT2D eigenvalue weighted by Gasteiger charge is 1.65. The number of carbonyl (C=O) groups excluding carboxylic acids is 1. The molecule has 7 nitrogen and oxygen atoms in total. The Bertz CT molecular complexity index is 102. The third-order valence-corrected chi connectivity index (χ3v) is 0.0527. The Hall–Kier alpha value is -1.59. The van der Waals surface area contributed by atoms with Crippen molar-refractivity contribution in [1.82, 2.24) is 6.15 Å². The fourth-order valence-corrected chi connectivity index (χ4v) is 0. The second-order valence-electron chi connectivity index (χ2n) is 0.559. The van der Waals surface area contributed by atoms with Crippen LogP contribution in [0.3, 0.4) is 0 Å². The number of hydrazone groups is 1. The fraction of sp³-hybridized carbons (Fsp3) is 0. The average molecular weight is 136 g/mol. The zero-order chi connectivity index (χ0) is 6.99. The van der Waals surface area contributed by atoms with Crippen LogP contribution in [0.25, 0.3) is 0 Å². The Morgan fingerprint density at radius 3 is 1.78 bits per heavy atom. The van der Waals surface area contributed by atoms with E-state index in [1.807, 2.05) is 0 Å². The van der Waals surface area contributed by atoms with Crippen molar-refractivity contribution < 1.29 is 14.7 Å². The maximum atomic E-state index is 8.78. The summed E-state index contributed by atoms with van der Waals surface area (Å²) in [7, 11) is 0. The van der Waals surface area contributed by atoms with Crippen molar-refractivity contribution >= 4 is 12.2 Å². The van der Waals surface area contributed by atoms with E-state index in [4.69, 9.17) is 14.7 Å². The third kappa shape index (κ3) is 358. The number of carboxylic acid groups (broad SMARTS) is 1. The predicted molar refractivity (Wildman–Crippen MR) is 29.5 cm³/mol. The smallest absolute Gasteiger partial charge is 0.402 e.